The summed E-state index contributed by atoms with van der Waals surface area (Å²) in [6, 6.07) is 10.7. The second-order valence-corrected chi connectivity index (χ2v) is 8.05. The van der Waals surface area contributed by atoms with Gasteiger partial charge in [-0.05, 0) is 42.7 Å². The average molecular weight is 376 g/mol. The third-order valence-corrected chi connectivity index (χ3v) is 6.20. The van der Waals surface area contributed by atoms with Gasteiger partial charge in [0.1, 0.15) is 17.3 Å². The Morgan fingerprint density at radius 3 is 2.58 bits per heavy atom. The fourth-order valence-electron chi connectivity index (χ4n) is 2.91. The largest absolute Gasteiger partial charge is 0.494 e. The molecule has 0 amide bonds. The van der Waals surface area contributed by atoms with Crippen molar-refractivity contribution in [3.63, 3.8) is 0 Å². The number of hydrogen-bond acceptors (Lipinski definition) is 4. The van der Waals surface area contributed by atoms with E-state index in [9.17, 15) is 12.8 Å². The molecule has 0 atom stereocenters. The average Bonchev–Trinajstić information content (AvgIpc) is 2.67. The van der Waals surface area contributed by atoms with Crippen LogP contribution in [0.5, 0.6) is 5.75 Å². The second kappa shape index (κ2) is 7.97. The molecule has 1 heterocycles. The van der Waals surface area contributed by atoms with E-state index in [0.717, 1.165) is 19.3 Å². The van der Waals surface area contributed by atoms with Crippen molar-refractivity contribution in [1.82, 2.24) is 4.31 Å². The van der Waals surface area contributed by atoms with Crippen molar-refractivity contribution < 1.29 is 17.5 Å². The highest BCUT2D eigenvalue weighted by molar-refractivity contribution is 7.89. The standard InChI is InChI=1S/C19H21FN2O3S/c1-25-19-13-17(26(23,24)22-10-3-2-4-11-22)8-9-18(19)21-14-15-6-5-7-16(20)12-15/h5-9,12-14H,2-4,10-11H2,1H3. The van der Waals surface area contributed by atoms with E-state index in [0.29, 0.717) is 30.1 Å². The monoisotopic (exact) mass is 376 g/mol. The SMILES string of the molecule is COc1cc(S(=O)(=O)N2CCCCC2)ccc1N=Cc1cccc(F)c1. The molecule has 0 bridgehead atoms. The van der Waals surface area contributed by atoms with Crippen LogP contribution in [-0.4, -0.2) is 39.1 Å². The first kappa shape index (κ1) is 18.5. The van der Waals surface area contributed by atoms with Gasteiger partial charge in [-0.3, -0.25) is 4.99 Å². The Hall–Kier alpha value is -2.25. The molecule has 26 heavy (non-hydrogen) atoms. The quantitative estimate of drug-likeness (QED) is 0.747. The molecule has 0 aliphatic carbocycles. The van der Waals surface area contributed by atoms with Crippen molar-refractivity contribution in [1.29, 1.82) is 0 Å². The minimum absolute atomic E-state index is 0.195. The molecule has 2 aromatic rings. The van der Waals surface area contributed by atoms with Crippen LogP contribution in [0.2, 0.25) is 0 Å². The molecule has 2 aromatic carbocycles. The minimum atomic E-state index is -3.53. The zero-order valence-corrected chi connectivity index (χ0v) is 15.4. The van der Waals surface area contributed by atoms with Crippen molar-refractivity contribution in [2.24, 2.45) is 4.99 Å². The molecule has 0 spiro atoms. The first-order chi connectivity index (χ1) is 12.5. The minimum Gasteiger partial charge on any atom is -0.494 e. The Kier molecular flexibility index (Phi) is 5.68. The normalized spacial score (nSPS) is 16.1. The van der Waals surface area contributed by atoms with E-state index < -0.39 is 10.0 Å². The highest BCUT2D eigenvalue weighted by atomic mass is 32.2. The highest BCUT2D eigenvalue weighted by Gasteiger charge is 2.26. The van der Waals surface area contributed by atoms with Gasteiger partial charge < -0.3 is 4.74 Å². The van der Waals surface area contributed by atoms with Gasteiger partial charge in [0, 0.05) is 25.4 Å². The molecule has 0 N–H and O–H groups in total. The van der Waals surface area contributed by atoms with Crippen molar-refractivity contribution in [2.75, 3.05) is 20.2 Å². The molecule has 5 nitrogen and oxygen atoms in total. The van der Waals surface area contributed by atoms with Crippen LogP contribution in [0.4, 0.5) is 10.1 Å². The van der Waals surface area contributed by atoms with Crippen LogP contribution in [0, 0.1) is 5.82 Å². The van der Waals surface area contributed by atoms with Crippen molar-refractivity contribution in [3.8, 4) is 5.75 Å². The number of aliphatic imine (C=N–C) groups is 1. The van der Waals surface area contributed by atoms with Gasteiger partial charge in [-0.1, -0.05) is 18.6 Å². The maximum atomic E-state index is 13.2. The van der Waals surface area contributed by atoms with E-state index in [4.69, 9.17) is 4.74 Å². The zero-order chi connectivity index (χ0) is 18.6. The third kappa shape index (κ3) is 4.11. The molecule has 7 heteroatoms. The van der Waals surface area contributed by atoms with Gasteiger partial charge in [0.05, 0.1) is 12.0 Å². The fraction of sp³-hybridized carbons (Fsp3) is 0.316. The lowest BCUT2D eigenvalue weighted by Crippen LogP contribution is -2.35. The lowest BCUT2D eigenvalue weighted by Gasteiger charge is -2.26. The van der Waals surface area contributed by atoms with Gasteiger partial charge in [0.2, 0.25) is 10.0 Å². The predicted molar refractivity (Wildman–Crippen MR) is 99.3 cm³/mol. The van der Waals surface area contributed by atoms with Gasteiger partial charge in [0.25, 0.3) is 0 Å². The molecule has 0 aromatic heterocycles. The summed E-state index contributed by atoms with van der Waals surface area (Å²) in [5, 5.41) is 0. The maximum Gasteiger partial charge on any atom is 0.243 e. The fourth-order valence-corrected chi connectivity index (χ4v) is 4.44. The summed E-state index contributed by atoms with van der Waals surface area (Å²) in [5.41, 5.74) is 1.09. The molecule has 138 valence electrons. The molecule has 1 aliphatic rings. The molecular formula is C19H21FN2O3S. The van der Waals surface area contributed by atoms with Crippen molar-refractivity contribution in [2.45, 2.75) is 24.2 Å². The van der Waals surface area contributed by atoms with Crippen LogP contribution >= 0.6 is 0 Å². The van der Waals surface area contributed by atoms with Gasteiger partial charge in [-0.25, -0.2) is 12.8 Å². The van der Waals surface area contributed by atoms with Crippen LogP contribution in [0.1, 0.15) is 24.8 Å². The number of piperidine rings is 1. The summed E-state index contributed by atoms with van der Waals surface area (Å²) < 4.78 is 45.6. The number of ether oxygens (including phenoxy) is 1. The van der Waals surface area contributed by atoms with E-state index in [1.165, 1.54) is 41.9 Å². The molecular weight excluding hydrogens is 355 g/mol. The van der Waals surface area contributed by atoms with E-state index in [2.05, 4.69) is 4.99 Å². The van der Waals surface area contributed by atoms with Gasteiger partial charge in [-0.15, -0.1) is 0 Å². The number of halogens is 1. The Bertz CT molecular complexity index is 907. The Balaban J connectivity index is 1.88. The van der Waals surface area contributed by atoms with Crippen molar-refractivity contribution in [3.05, 3.63) is 53.8 Å². The summed E-state index contributed by atoms with van der Waals surface area (Å²) in [7, 11) is -2.07. The number of methoxy groups -OCH3 is 1. The van der Waals surface area contributed by atoms with E-state index >= 15 is 0 Å². The third-order valence-electron chi connectivity index (χ3n) is 4.31. The van der Waals surface area contributed by atoms with E-state index in [-0.39, 0.29) is 10.7 Å². The molecule has 0 saturated carbocycles. The van der Waals surface area contributed by atoms with Crippen LogP contribution in [0.25, 0.3) is 0 Å². The zero-order valence-electron chi connectivity index (χ0n) is 14.6. The molecule has 1 fully saturated rings. The molecule has 1 aliphatic heterocycles. The number of sulfonamides is 1. The van der Waals surface area contributed by atoms with Crippen LogP contribution in [-0.2, 0) is 10.0 Å². The van der Waals surface area contributed by atoms with Crippen LogP contribution in [0.15, 0.2) is 52.4 Å². The first-order valence-electron chi connectivity index (χ1n) is 8.48. The smallest absolute Gasteiger partial charge is 0.243 e. The Morgan fingerprint density at radius 1 is 1.12 bits per heavy atom. The second-order valence-electron chi connectivity index (χ2n) is 6.11. The summed E-state index contributed by atoms with van der Waals surface area (Å²) >= 11 is 0. The summed E-state index contributed by atoms with van der Waals surface area (Å²) in [6.45, 7) is 1.09. The first-order valence-corrected chi connectivity index (χ1v) is 9.92. The number of nitrogens with zero attached hydrogens (tertiary/aromatic N) is 2. The number of hydrogen-bond donors (Lipinski definition) is 0. The summed E-state index contributed by atoms with van der Waals surface area (Å²) in [6.07, 6.45) is 4.33. The van der Waals surface area contributed by atoms with Gasteiger partial charge in [-0.2, -0.15) is 4.31 Å². The topological polar surface area (TPSA) is 59.0 Å². The van der Waals surface area contributed by atoms with E-state index in [1.807, 2.05) is 0 Å². The predicted octanol–water partition coefficient (Wildman–Crippen LogP) is 3.76. The molecule has 3 rings (SSSR count). The lowest BCUT2D eigenvalue weighted by atomic mass is 10.2. The van der Waals surface area contributed by atoms with Crippen LogP contribution in [0.3, 0.4) is 0 Å². The Labute approximate surface area is 153 Å². The van der Waals surface area contributed by atoms with Gasteiger partial charge >= 0.3 is 0 Å². The molecule has 0 radical (unpaired) electrons. The molecule has 0 unspecified atom stereocenters. The number of benzene rings is 2. The highest BCUT2D eigenvalue weighted by Crippen LogP contribution is 2.32. The number of rotatable bonds is 5. The van der Waals surface area contributed by atoms with Crippen LogP contribution < -0.4 is 4.74 Å². The Morgan fingerprint density at radius 2 is 1.88 bits per heavy atom. The lowest BCUT2D eigenvalue weighted by molar-refractivity contribution is 0.346. The van der Waals surface area contributed by atoms with E-state index in [1.54, 1.807) is 18.2 Å². The summed E-state index contributed by atoms with van der Waals surface area (Å²) in [4.78, 5) is 4.49. The van der Waals surface area contributed by atoms with Gasteiger partial charge in [0.15, 0.2) is 0 Å². The maximum absolute atomic E-state index is 13.2. The summed E-state index contributed by atoms with van der Waals surface area (Å²) in [5.74, 6) is 0.0135. The molecule has 1 saturated heterocycles. The van der Waals surface area contributed by atoms with Crippen molar-refractivity contribution >= 4 is 21.9 Å².